The number of nitrogens with zero attached hydrogens (tertiary/aromatic N) is 2. The van der Waals surface area contributed by atoms with Gasteiger partial charge in [0.05, 0.1) is 11.6 Å². The van der Waals surface area contributed by atoms with Crippen LogP contribution in [0.4, 0.5) is 0 Å². The molecule has 1 unspecified atom stereocenters. The number of nitriles is 1. The molecule has 1 aliphatic rings. The van der Waals surface area contributed by atoms with Gasteiger partial charge >= 0.3 is 0 Å². The van der Waals surface area contributed by atoms with Crippen LogP contribution in [0.5, 0.6) is 5.75 Å². The summed E-state index contributed by atoms with van der Waals surface area (Å²) in [6, 6.07) is 26.2. The Bertz CT molecular complexity index is 1470. The van der Waals surface area contributed by atoms with Gasteiger partial charge in [0.1, 0.15) is 17.2 Å². The molecular weight excluding hydrogens is 542 g/mol. The fourth-order valence-corrected chi connectivity index (χ4v) is 4.49. The van der Waals surface area contributed by atoms with E-state index in [1.165, 1.54) is 0 Å². The number of rotatable bonds is 3. The molecule has 0 radical (unpaired) electrons. The Morgan fingerprint density at radius 2 is 1.55 bits per heavy atom. The Morgan fingerprint density at radius 1 is 0.879 bits per heavy atom. The van der Waals surface area contributed by atoms with Crippen LogP contribution >= 0.6 is 31.9 Å². The summed E-state index contributed by atoms with van der Waals surface area (Å²) in [7, 11) is 0. The highest BCUT2D eigenvalue weighted by Gasteiger charge is 2.32. The standard InChI is InChI=1S/C27H17Br2N3O/c28-19-8-1-16(2-9-19)3-12-21-13-6-18-7-14-22-24(17-4-10-20(29)11-5-17)23(15-30)27(31)33-26(22)25(18)32-21/h1-14,24H,31H2/b12-3+. The maximum absolute atomic E-state index is 9.82. The van der Waals surface area contributed by atoms with Crippen LogP contribution in [-0.2, 0) is 0 Å². The predicted molar refractivity (Wildman–Crippen MR) is 138 cm³/mol. The van der Waals surface area contributed by atoms with Crippen LogP contribution in [0.25, 0.3) is 23.1 Å². The first-order valence-corrected chi connectivity index (χ1v) is 11.8. The molecule has 0 aliphatic carbocycles. The molecule has 0 saturated heterocycles. The monoisotopic (exact) mass is 557 g/mol. The molecule has 160 valence electrons. The van der Waals surface area contributed by atoms with E-state index in [0.717, 1.165) is 36.7 Å². The first kappa shape index (κ1) is 21.4. The molecule has 4 aromatic rings. The number of pyridine rings is 1. The van der Waals surface area contributed by atoms with Gasteiger partial charge < -0.3 is 10.5 Å². The quantitative estimate of drug-likeness (QED) is 0.290. The average molecular weight is 559 g/mol. The van der Waals surface area contributed by atoms with Gasteiger partial charge in [0, 0.05) is 19.9 Å². The van der Waals surface area contributed by atoms with E-state index < -0.39 is 0 Å². The summed E-state index contributed by atoms with van der Waals surface area (Å²) in [4.78, 5) is 4.86. The molecule has 1 aliphatic heterocycles. The van der Waals surface area contributed by atoms with Gasteiger partial charge in [-0.05, 0) is 47.5 Å². The van der Waals surface area contributed by atoms with Crippen molar-refractivity contribution >= 4 is 54.9 Å². The maximum atomic E-state index is 9.82. The Kier molecular flexibility index (Phi) is 5.76. The number of halogens is 2. The lowest BCUT2D eigenvalue weighted by Gasteiger charge is -2.27. The normalized spacial score (nSPS) is 15.4. The smallest absolute Gasteiger partial charge is 0.205 e. The zero-order chi connectivity index (χ0) is 22.9. The van der Waals surface area contributed by atoms with E-state index in [9.17, 15) is 5.26 Å². The molecule has 4 nitrogen and oxygen atoms in total. The number of hydrogen-bond donors (Lipinski definition) is 1. The van der Waals surface area contributed by atoms with E-state index in [1.54, 1.807) is 0 Å². The minimum atomic E-state index is -0.319. The molecule has 6 heteroatoms. The number of allylic oxidation sites excluding steroid dienone is 1. The van der Waals surface area contributed by atoms with Crippen LogP contribution in [0.1, 0.15) is 28.3 Å². The van der Waals surface area contributed by atoms with E-state index in [2.05, 4.69) is 37.9 Å². The molecular formula is C27H17Br2N3O. The van der Waals surface area contributed by atoms with Crippen LogP contribution in [0.2, 0.25) is 0 Å². The number of nitrogens with two attached hydrogens (primary N) is 1. The molecule has 3 aromatic carbocycles. The third-order valence-corrected chi connectivity index (χ3v) is 6.64. The van der Waals surface area contributed by atoms with Crippen molar-refractivity contribution < 1.29 is 4.74 Å². The molecule has 0 fully saturated rings. The number of ether oxygens (including phenoxy) is 1. The van der Waals surface area contributed by atoms with Gasteiger partial charge in [0.25, 0.3) is 0 Å². The second kappa shape index (κ2) is 8.86. The minimum absolute atomic E-state index is 0.114. The Labute approximate surface area is 208 Å². The van der Waals surface area contributed by atoms with Crippen LogP contribution in [-0.4, -0.2) is 4.98 Å². The molecule has 2 heterocycles. The molecule has 1 atom stereocenters. The van der Waals surface area contributed by atoms with Crippen molar-refractivity contribution in [2.75, 3.05) is 0 Å². The van der Waals surface area contributed by atoms with Crippen molar-refractivity contribution in [1.29, 1.82) is 5.26 Å². The summed E-state index contributed by atoms with van der Waals surface area (Å²) in [5.74, 6) is 0.388. The van der Waals surface area contributed by atoms with E-state index in [-0.39, 0.29) is 11.8 Å². The summed E-state index contributed by atoms with van der Waals surface area (Å²) >= 11 is 6.93. The zero-order valence-electron chi connectivity index (χ0n) is 17.3. The molecule has 0 spiro atoms. The summed E-state index contributed by atoms with van der Waals surface area (Å²) < 4.78 is 7.99. The van der Waals surface area contributed by atoms with Gasteiger partial charge in [-0.25, -0.2) is 4.98 Å². The molecule has 0 saturated carbocycles. The van der Waals surface area contributed by atoms with Crippen molar-refractivity contribution in [1.82, 2.24) is 4.98 Å². The highest BCUT2D eigenvalue weighted by molar-refractivity contribution is 9.10. The average Bonchev–Trinajstić information content (AvgIpc) is 2.83. The third kappa shape index (κ3) is 4.18. The molecule has 2 N–H and O–H groups in total. The van der Waals surface area contributed by atoms with E-state index in [4.69, 9.17) is 15.5 Å². The fourth-order valence-electron chi connectivity index (χ4n) is 3.96. The van der Waals surface area contributed by atoms with Crippen LogP contribution in [0, 0.1) is 11.3 Å². The van der Waals surface area contributed by atoms with E-state index in [1.807, 2.05) is 84.9 Å². The van der Waals surface area contributed by atoms with Crippen molar-refractivity contribution in [2.45, 2.75) is 5.92 Å². The lowest BCUT2D eigenvalue weighted by molar-refractivity contribution is 0.397. The lowest BCUT2D eigenvalue weighted by Crippen LogP contribution is -2.21. The van der Waals surface area contributed by atoms with Gasteiger partial charge in [0.15, 0.2) is 5.75 Å². The van der Waals surface area contributed by atoms with Crippen molar-refractivity contribution in [3.8, 4) is 11.8 Å². The highest BCUT2D eigenvalue weighted by Crippen LogP contribution is 2.45. The Morgan fingerprint density at radius 3 is 2.24 bits per heavy atom. The number of aromatic nitrogens is 1. The second-order valence-electron chi connectivity index (χ2n) is 7.65. The topological polar surface area (TPSA) is 71.9 Å². The summed E-state index contributed by atoms with van der Waals surface area (Å²) in [6.45, 7) is 0. The number of fused-ring (bicyclic) bond motifs is 3. The van der Waals surface area contributed by atoms with Crippen molar-refractivity contribution in [3.63, 3.8) is 0 Å². The molecule has 0 amide bonds. The van der Waals surface area contributed by atoms with Crippen LogP contribution in [0.15, 0.2) is 93.2 Å². The number of hydrogen-bond acceptors (Lipinski definition) is 4. The first-order chi connectivity index (χ1) is 16.0. The van der Waals surface area contributed by atoms with Crippen molar-refractivity contribution in [3.05, 3.63) is 116 Å². The maximum Gasteiger partial charge on any atom is 0.205 e. The second-order valence-corrected chi connectivity index (χ2v) is 9.48. The molecule has 1 aromatic heterocycles. The predicted octanol–water partition coefficient (Wildman–Crippen LogP) is 7.15. The number of benzene rings is 3. The summed E-state index contributed by atoms with van der Waals surface area (Å²) in [6.07, 6.45) is 3.99. The van der Waals surface area contributed by atoms with Gasteiger partial charge in [-0.3, -0.25) is 0 Å². The lowest BCUT2D eigenvalue weighted by atomic mass is 9.83. The summed E-state index contributed by atoms with van der Waals surface area (Å²) in [5.41, 5.74) is 11.0. The Balaban J connectivity index is 1.62. The zero-order valence-corrected chi connectivity index (χ0v) is 20.5. The fraction of sp³-hybridized carbons (Fsp3) is 0.0370. The molecule has 33 heavy (non-hydrogen) atoms. The highest BCUT2D eigenvalue weighted by atomic mass is 79.9. The molecule has 0 bridgehead atoms. The van der Waals surface area contributed by atoms with Crippen molar-refractivity contribution in [2.24, 2.45) is 5.73 Å². The van der Waals surface area contributed by atoms with E-state index >= 15 is 0 Å². The molecule has 5 rings (SSSR count). The van der Waals surface area contributed by atoms with Gasteiger partial charge in [-0.1, -0.05) is 80.4 Å². The van der Waals surface area contributed by atoms with Crippen LogP contribution < -0.4 is 10.5 Å². The van der Waals surface area contributed by atoms with Gasteiger partial charge in [0.2, 0.25) is 5.88 Å². The van der Waals surface area contributed by atoms with Gasteiger partial charge in [-0.15, -0.1) is 0 Å². The van der Waals surface area contributed by atoms with Crippen LogP contribution in [0.3, 0.4) is 0 Å². The SMILES string of the molecule is N#CC1=C(N)Oc2c(ccc3ccc(/C=C/c4ccc(Br)cc4)nc23)C1c1ccc(Br)cc1. The third-order valence-electron chi connectivity index (χ3n) is 5.59. The largest absolute Gasteiger partial charge is 0.438 e. The minimum Gasteiger partial charge on any atom is -0.438 e. The van der Waals surface area contributed by atoms with Gasteiger partial charge in [-0.2, -0.15) is 5.26 Å². The Hall–Kier alpha value is -3.40. The first-order valence-electron chi connectivity index (χ1n) is 10.2. The van der Waals surface area contributed by atoms with E-state index in [0.29, 0.717) is 16.8 Å². The summed E-state index contributed by atoms with van der Waals surface area (Å²) in [5, 5.41) is 10.8.